The number of hydrogen-bond acceptors (Lipinski definition) is 3. The molecular formula is C21H33NO2. The number of aliphatic hydroxyl groups is 1. The van der Waals surface area contributed by atoms with E-state index in [1.807, 2.05) is 12.1 Å². The maximum Gasteiger partial charge on any atom is 0.118 e. The molecule has 1 aromatic carbocycles. The monoisotopic (exact) mass is 331 g/mol. The molecule has 3 heteroatoms. The predicted octanol–water partition coefficient (Wildman–Crippen LogP) is 4.09. The van der Waals surface area contributed by atoms with Gasteiger partial charge in [0.05, 0.1) is 7.11 Å². The average molecular weight is 332 g/mol. The van der Waals surface area contributed by atoms with Crippen molar-refractivity contribution in [3.05, 3.63) is 42.0 Å². The van der Waals surface area contributed by atoms with Crippen LogP contribution in [0.15, 0.2) is 36.4 Å². The minimum absolute atomic E-state index is 0.0286. The van der Waals surface area contributed by atoms with Gasteiger partial charge >= 0.3 is 0 Å². The second kappa shape index (κ2) is 8.17. The molecule has 3 atom stereocenters. The predicted molar refractivity (Wildman–Crippen MR) is 101 cm³/mol. The molecule has 1 fully saturated rings. The molecule has 1 aliphatic carbocycles. The first-order valence-corrected chi connectivity index (χ1v) is 8.96. The molecule has 0 radical (unpaired) electrons. The van der Waals surface area contributed by atoms with Crippen molar-refractivity contribution in [1.29, 1.82) is 0 Å². The largest absolute Gasteiger partial charge is 0.497 e. The van der Waals surface area contributed by atoms with Crippen LogP contribution in [-0.4, -0.2) is 44.4 Å². The Hall–Kier alpha value is -1.32. The summed E-state index contributed by atoms with van der Waals surface area (Å²) in [6.45, 7) is 7.68. The molecule has 0 aromatic heterocycles. The quantitative estimate of drug-likeness (QED) is 0.764. The van der Waals surface area contributed by atoms with Gasteiger partial charge in [-0.05, 0) is 88.2 Å². The molecule has 0 aliphatic heterocycles. The fourth-order valence-corrected chi connectivity index (χ4v) is 4.08. The minimum atomic E-state index is 0.0286. The molecule has 1 aliphatic rings. The van der Waals surface area contributed by atoms with Gasteiger partial charge in [-0.2, -0.15) is 0 Å². The molecule has 1 aromatic rings. The van der Waals surface area contributed by atoms with Crippen LogP contribution in [0.25, 0.3) is 0 Å². The van der Waals surface area contributed by atoms with Crippen LogP contribution in [-0.2, 0) is 0 Å². The lowest BCUT2D eigenvalue weighted by Gasteiger charge is -2.45. The Balaban J connectivity index is 2.25. The normalized spacial score (nSPS) is 27.2. The summed E-state index contributed by atoms with van der Waals surface area (Å²) in [6, 6.07) is 8.44. The highest BCUT2D eigenvalue weighted by Crippen LogP contribution is 2.50. The van der Waals surface area contributed by atoms with Crippen LogP contribution in [0, 0.1) is 11.3 Å². The van der Waals surface area contributed by atoms with Gasteiger partial charge in [0.1, 0.15) is 5.75 Å². The van der Waals surface area contributed by atoms with Gasteiger partial charge in [-0.25, -0.2) is 0 Å². The highest BCUT2D eigenvalue weighted by molar-refractivity contribution is 5.31. The number of benzene rings is 1. The Labute approximate surface area is 147 Å². The highest BCUT2D eigenvalue weighted by atomic mass is 16.5. The average Bonchev–Trinajstić information content (AvgIpc) is 2.59. The maximum absolute atomic E-state index is 10.2. The summed E-state index contributed by atoms with van der Waals surface area (Å²) < 4.78 is 5.29. The molecule has 3 nitrogen and oxygen atoms in total. The third-order valence-corrected chi connectivity index (χ3v) is 5.73. The van der Waals surface area contributed by atoms with Gasteiger partial charge in [-0.1, -0.05) is 24.3 Å². The Morgan fingerprint density at radius 2 is 2.00 bits per heavy atom. The number of ether oxygens (including phenoxy) is 1. The number of allylic oxidation sites excluding steroid dienone is 1. The van der Waals surface area contributed by atoms with Crippen LogP contribution >= 0.6 is 0 Å². The SMILES string of the molecule is C=C(C)[C@@H]1CC[C@@](CO)(CCN(C)C)C[C@H]1c1ccc(OC)cc1. The summed E-state index contributed by atoms with van der Waals surface area (Å²) in [4.78, 5) is 2.21. The van der Waals surface area contributed by atoms with E-state index in [0.29, 0.717) is 11.8 Å². The Bertz CT molecular complexity index is 537. The summed E-state index contributed by atoms with van der Waals surface area (Å²) in [5, 5.41) is 10.2. The summed E-state index contributed by atoms with van der Waals surface area (Å²) in [5.74, 6) is 1.82. The molecule has 1 N–H and O–H groups in total. The molecule has 134 valence electrons. The van der Waals surface area contributed by atoms with E-state index in [9.17, 15) is 5.11 Å². The van der Waals surface area contributed by atoms with Crippen molar-refractivity contribution in [2.45, 2.75) is 38.5 Å². The Morgan fingerprint density at radius 3 is 2.50 bits per heavy atom. The van der Waals surface area contributed by atoms with Gasteiger partial charge in [0.25, 0.3) is 0 Å². The molecule has 1 saturated carbocycles. The van der Waals surface area contributed by atoms with Gasteiger partial charge < -0.3 is 14.7 Å². The summed E-state index contributed by atoms with van der Waals surface area (Å²) in [6.07, 6.45) is 4.27. The number of rotatable bonds is 7. The van der Waals surface area contributed by atoms with Gasteiger partial charge in [-0.3, -0.25) is 0 Å². The van der Waals surface area contributed by atoms with Crippen molar-refractivity contribution < 1.29 is 9.84 Å². The van der Waals surface area contributed by atoms with E-state index in [1.54, 1.807) is 7.11 Å². The van der Waals surface area contributed by atoms with Crippen LogP contribution in [0.4, 0.5) is 0 Å². The highest BCUT2D eigenvalue weighted by Gasteiger charge is 2.41. The Morgan fingerprint density at radius 1 is 1.33 bits per heavy atom. The van der Waals surface area contributed by atoms with Crippen molar-refractivity contribution in [2.24, 2.45) is 11.3 Å². The second-order valence-electron chi connectivity index (χ2n) is 7.79. The topological polar surface area (TPSA) is 32.7 Å². The van der Waals surface area contributed by atoms with Gasteiger partial charge in [0.2, 0.25) is 0 Å². The summed E-state index contributed by atoms with van der Waals surface area (Å²) in [5.41, 5.74) is 2.63. The lowest BCUT2D eigenvalue weighted by Crippen LogP contribution is -2.38. The van der Waals surface area contributed by atoms with Crippen molar-refractivity contribution >= 4 is 0 Å². The standard InChI is InChI=1S/C21H33NO2/c1-16(2)19-10-11-21(15-23,12-13-22(3)4)14-20(19)17-6-8-18(24-5)9-7-17/h6-9,19-20,23H,1,10-15H2,2-5H3/t19-,20-,21+/m0/s1. The third kappa shape index (κ3) is 4.40. The van der Waals surface area contributed by atoms with Gasteiger partial charge in [-0.15, -0.1) is 0 Å². The fraction of sp³-hybridized carbons (Fsp3) is 0.619. The van der Waals surface area contributed by atoms with E-state index >= 15 is 0 Å². The molecule has 0 bridgehead atoms. The van der Waals surface area contributed by atoms with Crippen molar-refractivity contribution in [3.63, 3.8) is 0 Å². The molecular weight excluding hydrogens is 298 g/mol. The van der Waals surface area contributed by atoms with Crippen molar-refractivity contribution in [3.8, 4) is 5.75 Å². The number of aliphatic hydroxyl groups excluding tert-OH is 1. The lowest BCUT2D eigenvalue weighted by atomic mass is 9.61. The minimum Gasteiger partial charge on any atom is -0.497 e. The van der Waals surface area contributed by atoms with E-state index < -0.39 is 0 Å². The van der Waals surface area contributed by atoms with Crippen LogP contribution < -0.4 is 4.74 Å². The third-order valence-electron chi connectivity index (χ3n) is 5.73. The molecule has 0 heterocycles. The first-order valence-electron chi connectivity index (χ1n) is 8.96. The zero-order valence-corrected chi connectivity index (χ0v) is 15.7. The van der Waals surface area contributed by atoms with Crippen LogP contribution in [0.5, 0.6) is 5.75 Å². The van der Waals surface area contributed by atoms with Crippen LogP contribution in [0.1, 0.15) is 44.1 Å². The van der Waals surface area contributed by atoms with Crippen molar-refractivity contribution in [2.75, 3.05) is 34.4 Å². The number of nitrogens with zero attached hydrogens (tertiary/aromatic N) is 1. The molecule has 0 spiro atoms. The Kier molecular flexibility index (Phi) is 6.47. The van der Waals surface area contributed by atoms with E-state index in [2.05, 4.69) is 44.6 Å². The van der Waals surface area contributed by atoms with Gasteiger partial charge in [0.15, 0.2) is 0 Å². The van der Waals surface area contributed by atoms with E-state index in [-0.39, 0.29) is 12.0 Å². The lowest BCUT2D eigenvalue weighted by molar-refractivity contribution is 0.0438. The van der Waals surface area contributed by atoms with Gasteiger partial charge in [0, 0.05) is 6.61 Å². The molecule has 24 heavy (non-hydrogen) atoms. The van der Waals surface area contributed by atoms with E-state index in [4.69, 9.17) is 4.74 Å². The summed E-state index contributed by atoms with van der Waals surface area (Å²) in [7, 11) is 5.90. The number of methoxy groups -OCH3 is 1. The smallest absolute Gasteiger partial charge is 0.118 e. The molecule has 0 unspecified atom stereocenters. The molecule has 2 rings (SSSR count). The number of hydrogen-bond donors (Lipinski definition) is 1. The maximum atomic E-state index is 10.2. The van der Waals surface area contributed by atoms with Crippen molar-refractivity contribution in [1.82, 2.24) is 4.90 Å². The zero-order valence-electron chi connectivity index (χ0n) is 15.7. The second-order valence-corrected chi connectivity index (χ2v) is 7.79. The zero-order chi connectivity index (χ0) is 17.7. The first-order chi connectivity index (χ1) is 11.4. The fourth-order valence-electron chi connectivity index (χ4n) is 4.08. The van der Waals surface area contributed by atoms with Crippen LogP contribution in [0.2, 0.25) is 0 Å². The van der Waals surface area contributed by atoms with Crippen LogP contribution in [0.3, 0.4) is 0 Å². The molecule has 0 saturated heterocycles. The van der Waals surface area contributed by atoms with E-state index in [0.717, 1.165) is 38.0 Å². The summed E-state index contributed by atoms with van der Waals surface area (Å²) >= 11 is 0. The molecule has 0 amide bonds. The van der Waals surface area contributed by atoms with E-state index in [1.165, 1.54) is 11.1 Å². The first kappa shape index (κ1) is 19.0.